The number of hydrogen-bond donors (Lipinski definition) is 1. The molecule has 0 unspecified atom stereocenters. The lowest BCUT2D eigenvalue weighted by Crippen LogP contribution is -2.30. The summed E-state index contributed by atoms with van der Waals surface area (Å²) in [6.45, 7) is 0.684. The van der Waals surface area contributed by atoms with Crippen LogP contribution in [0.15, 0.2) is 60.0 Å². The Bertz CT molecular complexity index is 753. The first-order chi connectivity index (χ1) is 10.8. The Morgan fingerprint density at radius 2 is 1.91 bits per heavy atom. The van der Waals surface area contributed by atoms with E-state index in [0.717, 1.165) is 17.2 Å². The highest BCUT2D eigenvalue weighted by Crippen LogP contribution is 2.20. The van der Waals surface area contributed by atoms with Crippen LogP contribution in [0.3, 0.4) is 0 Å². The van der Waals surface area contributed by atoms with Crippen molar-refractivity contribution in [2.75, 3.05) is 13.2 Å². The van der Waals surface area contributed by atoms with E-state index in [9.17, 15) is 4.79 Å². The predicted molar refractivity (Wildman–Crippen MR) is 90.5 cm³/mol. The lowest BCUT2D eigenvalue weighted by atomic mass is 10.1. The smallest absolute Gasteiger partial charge is 0.257 e. The fourth-order valence-corrected chi connectivity index (χ4v) is 2.95. The van der Waals surface area contributed by atoms with Gasteiger partial charge in [0.05, 0.1) is 0 Å². The second-order valence-corrected chi connectivity index (χ2v) is 6.01. The van der Waals surface area contributed by atoms with Crippen molar-refractivity contribution in [1.82, 2.24) is 5.32 Å². The lowest BCUT2D eigenvalue weighted by molar-refractivity contribution is -0.123. The summed E-state index contributed by atoms with van der Waals surface area (Å²) in [5.41, 5.74) is 0. The summed E-state index contributed by atoms with van der Waals surface area (Å²) in [6, 6.07) is 18.0. The zero-order valence-electron chi connectivity index (χ0n) is 12.1. The summed E-state index contributed by atoms with van der Waals surface area (Å²) in [5.74, 6) is 0.622. The Balaban J connectivity index is 1.47. The third-order valence-corrected chi connectivity index (χ3v) is 4.30. The number of rotatable bonds is 6. The summed E-state index contributed by atoms with van der Waals surface area (Å²) in [7, 11) is 0. The largest absolute Gasteiger partial charge is 0.484 e. The van der Waals surface area contributed by atoms with Crippen LogP contribution in [0.5, 0.6) is 5.75 Å². The molecule has 0 saturated carbocycles. The van der Waals surface area contributed by atoms with Crippen LogP contribution in [0, 0.1) is 0 Å². The molecule has 0 atom stereocenters. The summed E-state index contributed by atoms with van der Waals surface area (Å²) in [4.78, 5) is 13.0. The minimum absolute atomic E-state index is 0.0444. The number of amides is 1. The van der Waals surface area contributed by atoms with Crippen LogP contribution in [0.4, 0.5) is 0 Å². The maximum atomic E-state index is 11.8. The molecule has 112 valence electrons. The van der Waals surface area contributed by atoms with Crippen LogP contribution in [-0.2, 0) is 11.2 Å². The van der Waals surface area contributed by atoms with Gasteiger partial charge < -0.3 is 10.1 Å². The summed E-state index contributed by atoms with van der Waals surface area (Å²) < 4.78 is 5.55. The number of carbonyl (C=O) groups is 1. The number of carbonyl (C=O) groups excluding carboxylic acids is 1. The standard InChI is InChI=1S/C18H17NO2S/c20-18(19-10-9-17-6-3-11-22-17)13-21-16-8-7-14-4-1-2-5-15(14)12-16/h1-8,11-12H,9-10,13H2,(H,19,20). The maximum absolute atomic E-state index is 11.8. The molecule has 3 aromatic rings. The molecule has 2 aromatic carbocycles. The molecule has 0 spiro atoms. The van der Waals surface area contributed by atoms with Gasteiger partial charge in [0, 0.05) is 11.4 Å². The molecule has 0 bridgehead atoms. The number of thiophene rings is 1. The minimum Gasteiger partial charge on any atom is -0.484 e. The fraction of sp³-hybridized carbons (Fsp3) is 0.167. The van der Waals surface area contributed by atoms with E-state index >= 15 is 0 Å². The SMILES string of the molecule is O=C(COc1ccc2ccccc2c1)NCCc1cccs1. The van der Waals surface area contributed by atoms with Crippen LogP contribution in [-0.4, -0.2) is 19.1 Å². The molecule has 0 radical (unpaired) electrons. The molecule has 4 heteroatoms. The highest BCUT2D eigenvalue weighted by molar-refractivity contribution is 7.09. The van der Waals surface area contributed by atoms with Gasteiger partial charge >= 0.3 is 0 Å². The Morgan fingerprint density at radius 3 is 2.73 bits per heavy atom. The topological polar surface area (TPSA) is 38.3 Å². The van der Waals surface area contributed by atoms with E-state index in [-0.39, 0.29) is 12.5 Å². The van der Waals surface area contributed by atoms with Gasteiger partial charge in [0.2, 0.25) is 0 Å². The molecule has 0 saturated heterocycles. The monoisotopic (exact) mass is 311 g/mol. The fourth-order valence-electron chi connectivity index (χ4n) is 2.24. The van der Waals surface area contributed by atoms with E-state index in [1.807, 2.05) is 47.8 Å². The number of hydrogen-bond acceptors (Lipinski definition) is 3. The minimum atomic E-state index is -0.0929. The Hall–Kier alpha value is -2.33. The average molecular weight is 311 g/mol. The van der Waals surface area contributed by atoms with Gasteiger partial charge in [-0.25, -0.2) is 0 Å². The van der Waals surface area contributed by atoms with E-state index in [4.69, 9.17) is 4.74 Å². The molecular weight excluding hydrogens is 294 g/mol. The Morgan fingerprint density at radius 1 is 1.05 bits per heavy atom. The lowest BCUT2D eigenvalue weighted by Gasteiger charge is -2.08. The highest BCUT2D eigenvalue weighted by Gasteiger charge is 2.03. The third kappa shape index (κ3) is 3.86. The maximum Gasteiger partial charge on any atom is 0.257 e. The molecule has 3 rings (SSSR count). The van der Waals surface area contributed by atoms with Crippen molar-refractivity contribution in [3.8, 4) is 5.75 Å². The Labute approximate surface area is 133 Å². The van der Waals surface area contributed by atoms with Crippen LogP contribution < -0.4 is 10.1 Å². The van der Waals surface area contributed by atoms with Crippen LogP contribution in [0.1, 0.15) is 4.88 Å². The van der Waals surface area contributed by atoms with E-state index in [0.29, 0.717) is 12.3 Å². The van der Waals surface area contributed by atoms with Crippen LogP contribution >= 0.6 is 11.3 Å². The normalized spacial score (nSPS) is 10.5. The third-order valence-electron chi connectivity index (χ3n) is 3.36. The quantitative estimate of drug-likeness (QED) is 0.755. The molecule has 1 aromatic heterocycles. The molecule has 3 nitrogen and oxygen atoms in total. The van der Waals surface area contributed by atoms with Gasteiger partial charge in [-0.2, -0.15) is 0 Å². The highest BCUT2D eigenvalue weighted by atomic mass is 32.1. The first kappa shape index (κ1) is 14.6. The van der Waals surface area contributed by atoms with Crippen molar-refractivity contribution in [2.24, 2.45) is 0 Å². The summed E-state index contributed by atoms with van der Waals surface area (Å²) >= 11 is 1.70. The van der Waals surface area contributed by atoms with Gasteiger partial charge in [-0.05, 0) is 40.8 Å². The molecule has 22 heavy (non-hydrogen) atoms. The first-order valence-corrected chi connectivity index (χ1v) is 8.10. The van der Waals surface area contributed by atoms with Crippen LogP contribution in [0.2, 0.25) is 0 Å². The van der Waals surface area contributed by atoms with Gasteiger partial charge in [0.25, 0.3) is 5.91 Å². The number of nitrogens with one attached hydrogen (secondary N) is 1. The number of fused-ring (bicyclic) bond motifs is 1. The van der Waals surface area contributed by atoms with Crippen LogP contribution in [0.25, 0.3) is 10.8 Å². The second-order valence-electron chi connectivity index (χ2n) is 4.98. The molecule has 1 N–H and O–H groups in total. The summed E-state index contributed by atoms with van der Waals surface area (Å²) in [5, 5.41) is 7.18. The van der Waals surface area contributed by atoms with E-state index in [2.05, 4.69) is 17.4 Å². The predicted octanol–water partition coefficient (Wildman–Crippen LogP) is 3.64. The van der Waals surface area contributed by atoms with Gasteiger partial charge in [0.1, 0.15) is 5.75 Å². The van der Waals surface area contributed by atoms with E-state index in [1.165, 1.54) is 4.88 Å². The van der Waals surface area contributed by atoms with E-state index in [1.54, 1.807) is 11.3 Å². The van der Waals surface area contributed by atoms with E-state index < -0.39 is 0 Å². The van der Waals surface area contributed by atoms with Gasteiger partial charge in [-0.15, -0.1) is 11.3 Å². The van der Waals surface area contributed by atoms with Crippen molar-refractivity contribution < 1.29 is 9.53 Å². The zero-order valence-corrected chi connectivity index (χ0v) is 12.9. The molecule has 1 heterocycles. The molecular formula is C18H17NO2S. The average Bonchev–Trinajstić information content (AvgIpc) is 3.06. The first-order valence-electron chi connectivity index (χ1n) is 7.22. The number of ether oxygens (including phenoxy) is 1. The Kier molecular flexibility index (Phi) is 4.71. The molecule has 0 aliphatic rings. The molecule has 1 amide bonds. The second kappa shape index (κ2) is 7.09. The molecule has 0 fully saturated rings. The van der Waals surface area contributed by atoms with Gasteiger partial charge in [-0.1, -0.05) is 36.4 Å². The van der Waals surface area contributed by atoms with Crippen molar-refractivity contribution >= 4 is 28.0 Å². The van der Waals surface area contributed by atoms with Crippen molar-refractivity contribution in [3.05, 3.63) is 64.9 Å². The summed E-state index contributed by atoms with van der Waals surface area (Å²) in [6.07, 6.45) is 0.860. The van der Waals surface area contributed by atoms with Gasteiger partial charge in [-0.3, -0.25) is 4.79 Å². The van der Waals surface area contributed by atoms with Crippen molar-refractivity contribution in [3.63, 3.8) is 0 Å². The molecule has 0 aliphatic carbocycles. The van der Waals surface area contributed by atoms with Crippen molar-refractivity contribution in [2.45, 2.75) is 6.42 Å². The van der Waals surface area contributed by atoms with Gasteiger partial charge in [0.15, 0.2) is 6.61 Å². The zero-order chi connectivity index (χ0) is 15.2. The molecule has 0 aliphatic heterocycles. The number of benzene rings is 2. The van der Waals surface area contributed by atoms with Crippen molar-refractivity contribution in [1.29, 1.82) is 0 Å².